The van der Waals surface area contributed by atoms with Crippen molar-refractivity contribution in [2.75, 3.05) is 13.2 Å². The Morgan fingerprint density at radius 2 is 1.91 bits per heavy atom. The van der Waals surface area contributed by atoms with E-state index in [1.165, 1.54) is 19.3 Å². The summed E-state index contributed by atoms with van der Waals surface area (Å²) < 4.78 is 5.68. The molecule has 34 heavy (non-hydrogen) atoms. The Bertz CT molecular complexity index is 1030. The molecule has 1 aliphatic heterocycles. The average molecular weight is 484 g/mol. The standard InChI is InChI=1S/C28H34ClNO4/c1-19-16-24(34-15-5-8-27(31)32)11-12-25(19)20-9-10-21(26(29)18-20)17-22-13-14-30(28(22)33)23-6-3-2-4-7-23/h9-12,16,18,22-23H,2-8,13-15,17H2,1H3,(H,31,32). The Balaban J connectivity index is 1.38. The Hall–Kier alpha value is -2.53. The summed E-state index contributed by atoms with van der Waals surface area (Å²) in [7, 11) is 0. The van der Waals surface area contributed by atoms with Gasteiger partial charge in [0, 0.05) is 29.9 Å². The topological polar surface area (TPSA) is 66.8 Å². The number of carboxylic acids is 1. The van der Waals surface area contributed by atoms with Crippen LogP contribution in [0.5, 0.6) is 5.75 Å². The van der Waals surface area contributed by atoms with E-state index in [-0.39, 0.29) is 12.3 Å². The molecule has 6 heteroatoms. The first-order valence-corrected chi connectivity index (χ1v) is 12.8. The predicted molar refractivity (Wildman–Crippen MR) is 134 cm³/mol. The summed E-state index contributed by atoms with van der Waals surface area (Å²) in [5.41, 5.74) is 4.20. The third kappa shape index (κ3) is 5.93. The Morgan fingerprint density at radius 1 is 1.12 bits per heavy atom. The zero-order valence-electron chi connectivity index (χ0n) is 19.9. The lowest BCUT2D eigenvalue weighted by Gasteiger charge is -2.31. The van der Waals surface area contributed by atoms with E-state index in [1.54, 1.807) is 0 Å². The van der Waals surface area contributed by atoms with E-state index < -0.39 is 5.97 Å². The van der Waals surface area contributed by atoms with Crippen molar-refractivity contribution in [1.29, 1.82) is 0 Å². The van der Waals surface area contributed by atoms with E-state index in [4.69, 9.17) is 21.4 Å². The number of benzene rings is 2. The minimum absolute atomic E-state index is 0.0320. The molecule has 2 fully saturated rings. The highest BCUT2D eigenvalue weighted by atomic mass is 35.5. The lowest BCUT2D eigenvalue weighted by atomic mass is 9.93. The maximum Gasteiger partial charge on any atom is 0.303 e. The molecule has 1 saturated heterocycles. The minimum atomic E-state index is -0.811. The third-order valence-corrected chi connectivity index (χ3v) is 7.55. The molecule has 2 aromatic rings. The van der Waals surface area contributed by atoms with Gasteiger partial charge < -0.3 is 14.7 Å². The molecule has 4 rings (SSSR count). The van der Waals surface area contributed by atoms with E-state index in [0.717, 1.165) is 53.8 Å². The first-order chi connectivity index (χ1) is 16.4. The minimum Gasteiger partial charge on any atom is -0.494 e. The highest BCUT2D eigenvalue weighted by molar-refractivity contribution is 6.31. The molecule has 0 radical (unpaired) electrons. The van der Waals surface area contributed by atoms with Gasteiger partial charge in [-0.15, -0.1) is 0 Å². The van der Waals surface area contributed by atoms with Crippen LogP contribution in [-0.2, 0) is 16.0 Å². The number of aryl methyl sites for hydroxylation is 1. The first-order valence-electron chi connectivity index (χ1n) is 12.5. The molecule has 1 heterocycles. The van der Waals surface area contributed by atoms with Gasteiger partial charge in [-0.1, -0.05) is 49.1 Å². The molecular formula is C28H34ClNO4. The lowest BCUT2D eigenvalue weighted by Crippen LogP contribution is -2.39. The van der Waals surface area contributed by atoms with Crippen LogP contribution in [0, 0.1) is 12.8 Å². The van der Waals surface area contributed by atoms with Crippen LogP contribution >= 0.6 is 11.6 Å². The van der Waals surface area contributed by atoms with Crippen molar-refractivity contribution in [1.82, 2.24) is 4.90 Å². The summed E-state index contributed by atoms with van der Waals surface area (Å²) >= 11 is 6.69. The molecule has 5 nitrogen and oxygen atoms in total. The van der Waals surface area contributed by atoms with Gasteiger partial charge in [-0.25, -0.2) is 0 Å². The van der Waals surface area contributed by atoms with Crippen LogP contribution in [0.4, 0.5) is 0 Å². The van der Waals surface area contributed by atoms with Crippen LogP contribution in [0.3, 0.4) is 0 Å². The Morgan fingerprint density at radius 3 is 2.62 bits per heavy atom. The van der Waals surface area contributed by atoms with Gasteiger partial charge in [0.05, 0.1) is 6.61 Å². The smallest absolute Gasteiger partial charge is 0.303 e. The van der Waals surface area contributed by atoms with Crippen LogP contribution in [0.1, 0.15) is 62.5 Å². The number of amides is 1. The average Bonchev–Trinajstić information content (AvgIpc) is 3.18. The number of halogens is 1. The molecule has 0 aromatic heterocycles. The summed E-state index contributed by atoms with van der Waals surface area (Å²) in [6.45, 7) is 3.29. The molecular weight excluding hydrogens is 450 g/mol. The molecule has 2 aromatic carbocycles. The normalized spacial score (nSPS) is 18.9. The fraction of sp³-hybridized carbons (Fsp3) is 0.500. The number of rotatable bonds is 9. The summed E-state index contributed by atoms with van der Waals surface area (Å²) in [5, 5.41) is 9.44. The van der Waals surface area contributed by atoms with Gasteiger partial charge in [0.15, 0.2) is 0 Å². The van der Waals surface area contributed by atoms with E-state index in [2.05, 4.69) is 17.0 Å². The van der Waals surface area contributed by atoms with Gasteiger partial charge >= 0.3 is 5.97 Å². The molecule has 0 bridgehead atoms. The highest BCUT2D eigenvalue weighted by Gasteiger charge is 2.36. The van der Waals surface area contributed by atoms with Crippen LogP contribution in [0.25, 0.3) is 11.1 Å². The number of ether oxygens (including phenoxy) is 1. The van der Waals surface area contributed by atoms with Gasteiger partial charge in [-0.3, -0.25) is 9.59 Å². The zero-order valence-corrected chi connectivity index (χ0v) is 20.7. The predicted octanol–water partition coefficient (Wildman–Crippen LogP) is 6.28. The number of carboxylic acid groups (broad SMARTS) is 1. The van der Waals surface area contributed by atoms with Crippen LogP contribution in [-0.4, -0.2) is 41.1 Å². The zero-order chi connectivity index (χ0) is 24.1. The summed E-state index contributed by atoms with van der Waals surface area (Å²) in [5.74, 6) is 0.261. The molecule has 1 unspecified atom stereocenters. The van der Waals surface area contributed by atoms with E-state index >= 15 is 0 Å². The maximum atomic E-state index is 13.1. The van der Waals surface area contributed by atoms with Crippen molar-refractivity contribution in [3.63, 3.8) is 0 Å². The fourth-order valence-electron chi connectivity index (χ4n) is 5.32. The molecule has 2 aliphatic rings. The van der Waals surface area contributed by atoms with Crippen molar-refractivity contribution in [3.05, 3.63) is 52.5 Å². The van der Waals surface area contributed by atoms with Crippen LogP contribution in [0.15, 0.2) is 36.4 Å². The summed E-state index contributed by atoms with van der Waals surface area (Å²) in [4.78, 5) is 25.8. The first kappa shape index (κ1) is 24.6. The number of carbonyl (C=O) groups excluding carboxylic acids is 1. The van der Waals surface area contributed by atoms with E-state index in [9.17, 15) is 9.59 Å². The molecule has 1 atom stereocenters. The van der Waals surface area contributed by atoms with Crippen LogP contribution < -0.4 is 4.74 Å². The number of likely N-dealkylation sites (tertiary alicyclic amines) is 1. The van der Waals surface area contributed by atoms with Crippen molar-refractivity contribution in [2.45, 2.75) is 70.8 Å². The molecule has 182 valence electrons. The maximum absolute atomic E-state index is 13.1. The fourth-order valence-corrected chi connectivity index (χ4v) is 5.57. The second kappa shape index (κ2) is 11.3. The summed E-state index contributed by atoms with van der Waals surface area (Å²) in [6, 6.07) is 12.5. The van der Waals surface area contributed by atoms with Gasteiger partial charge in [0.1, 0.15) is 5.75 Å². The molecule has 1 aliphatic carbocycles. The van der Waals surface area contributed by atoms with Gasteiger partial charge in [-0.2, -0.15) is 0 Å². The second-order valence-corrected chi connectivity index (χ2v) is 10.0. The van der Waals surface area contributed by atoms with Gasteiger partial charge in [-0.05, 0) is 79.5 Å². The highest BCUT2D eigenvalue weighted by Crippen LogP contribution is 2.34. The van der Waals surface area contributed by atoms with Crippen molar-refractivity contribution in [2.24, 2.45) is 5.92 Å². The monoisotopic (exact) mass is 483 g/mol. The Labute approximate surface area is 207 Å². The largest absolute Gasteiger partial charge is 0.494 e. The van der Waals surface area contributed by atoms with Gasteiger partial charge in [0.25, 0.3) is 0 Å². The Kier molecular flexibility index (Phi) is 8.15. The molecule has 0 spiro atoms. The van der Waals surface area contributed by atoms with E-state index in [1.807, 2.05) is 31.2 Å². The number of aliphatic carboxylic acids is 1. The second-order valence-electron chi connectivity index (χ2n) is 9.64. The van der Waals surface area contributed by atoms with Crippen molar-refractivity contribution < 1.29 is 19.4 Å². The molecule has 1 amide bonds. The summed E-state index contributed by atoms with van der Waals surface area (Å²) in [6.07, 6.45) is 8.28. The van der Waals surface area contributed by atoms with Gasteiger partial charge in [0.2, 0.25) is 5.91 Å². The molecule has 1 N–H and O–H groups in total. The van der Waals surface area contributed by atoms with E-state index in [0.29, 0.717) is 36.4 Å². The van der Waals surface area contributed by atoms with Crippen molar-refractivity contribution in [3.8, 4) is 16.9 Å². The number of hydrogen-bond donors (Lipinski definition) is 1. The van der Waals surface area contributed by atoms with Crippen LogP contribution in [0.2, 0.25) is 5.02 Å². The third-order valence-electron chi connectivity index (χ3n) is 7.20. The number of nitrogens with zero attached hydrogens (tertiary/aromatic N) is 1. The number of carbonyl (C=O) groups is 2. The molecule has 1 saturated carbocycles. The SMILES string of the molecule is Cc1cc(OCCCC(=O)O)ccc1-c1ccc(CC2CCN(C3CCCCC3)C2=O)c(Cl)c1. The quantitative estimate of drug-likeness (QED) is 0.426. The van der Waals surface area contributed by atoms with Crippen molar-refractivity contribution >= 4 is 23.5 Å². The lowest BCUT2D eigenvalue weighted by molar-refractivity contribution is -0.137. The number of hydrogen-bond acceptors (Lipinski definition) is 3.